The highest BCUT2D eigenvalue weighted by Gasteiger charge is 2.09. The number of hydrogen-bond acceptors (Lipinski definition) is 2. The van der Waals surface area contributed by atoms with Gasteiger partial charge in [0.05, 0.1) is 0 Å². The van der Waals surface area contributed by atoms with E-state index in [1.165, 1.54) is 5.56 Å². The standard InChI is InChI=1S/C13H18ClNS/c1-11(14)13(8-9-16-2)15-10-12-6-4-3-5-7-12/h3-7,13,15H,1,8-10H2,2H3/t13-/m0/s1. The lowest BCUT2D eigenvalue weighted by Crippen LogP contribution is -2.29. The van der Waals surface area contributed by atoms with E-state index < -0.39 is 0 Å². The van der Waals surface area contributed by atoms with Crippen molar-refractivity contribution in [2.24, 2.45) is 0 Å². The largest absolute Gasteiger partial charge is 0.305 e. The van der Waals surface area contributed by atoms with Gasteiger partial charge in [-0.25, -0.2) is 0 Å². The maximum Gasteiger partial charge on any atom is 0.0433 e. The van der Waals surface area contributed by atoms with E-state index in [1.807, 2.05) is 30.0 Å². The van der Waals surface area contributed by atoms with E-state index in [4.69, 9.17) is 11.6 Å². The first-order valence-electron chi connectivity index (χ1n) is 5.34. The zero-order valence-corrected chi connectivity index (χ0v) is 11.2. The summed E-state index contributed by atoms with van der Waals surface area (Å²) in [6.45, 7) is 4.65. The van der Waals surface area contributed by atoms with Gasteiger partial charge in [-0.05, 0) is 24.0 Å². The zero-order chi connectivity index (χ0) is 11.8. The molecule has 0 bridgehead atoms. The second-order valence-electron chi connectivity index (χ2n) is 3.65. The molecule has 0 radical (unpaired) electrons. The van der Waals surface area contributed by atoms with Gasteiger partial charge in [0.1, 0.15) is 0 Å². The fraction of sp³-hybridized carbons (Fsp3) is 0.385. The third-order valence-corrected chi connectivity index (χ3v) is 3.29. The Labute approximate surface area is 107 Å². The minimum absolute atomic E-state index is 0.203. The summed E-state index contributed by atoms with van der Waals surface area (Å²) in [5.41, 5.74) is 1.27. The molecule has 0 aromatic heterocycles. The Bertz CT molecular complexity index is 313. The van der Waals surface area contributed by atoms with Crippen molar-refractivity contribution in [3.63, 3.8) is 0 Å². The molecular formula is C13H18ClNS. The molecule has 1 aromatic rings. The molecule has 0 spiro atoms. The van der Waals surface area contributed by atoms with E-state index in [0.29, 0.717) is 5.03 Å². The van der Waals surface area contributed by atoms with Gasteiger partial charge in [0.2, 0.25) is 0 Å². The molecule has 0 saturated heterocycles. The molecule has 0 aliphatic rings. The quantitative estimate of drug-likeness (QED) is 0.798. The average Bonchev–Trinajstić information content (AvgIpc) is 2.30. The first kappa shape index (κ1) is 13.6. The number of hydrogen-bond donors (Lipinski definition) is 1. The average molecular weight is 256 g/mol. The molecule has 3 heteroatoms. The molecule has 16 heavy (non-hydrogen) atoms. The highest BCUT2D eigenvalue weighted by Crippen LogP contribution is 2.12. The van der Waals surface area contributed by atoms with Crippen LogP contribution in [0.2, 0.25) is 0 Å². The van der Waals surface area contributed by atoms with Crippen LogP contribution in [-0.4, -0.2) is 18.1 Å². The van der Waals surface area contributed by atoms with Crippen molar-refractivity contribution in [2.45, 2.75) is 19.0 Å². The first-order chi connectivity index (χ1) is 7.74. The Kier molecular flexibility index (Phi) is 6.62. The van der Waals surface area contributed by atoms with Crippen molar-refractivity contribution in [1.29, 1.82) is 0 Å². The van der Waals surface area contributed by atoms with Gasteiger partial charge in [0.25, 0.3) is 0 Å². The molecular weight excluding hydrogens is 238 g/mol. The molecule has 1 N–H and O–H groups in total. The van der Waals surface area contributed by atoms with Gasteiger partial charge in [-0.15, -0.1) is 0 Å². The third kappa shape index (κ3) is 5.06. The van der Waals surface area contributed by atoms with Crippen molar-refractivity contribution < 1.29 is 0 Å². The molecule has 1 atom stereocenters. The summed E-state index contributed by atoms with van der Waals surface area (Å²) < 4.78 is 0. The summed E-state index contributed by atoms with van der Waals surface area (Å²) in [6.07, 6.45) is 3.13. The summed E-state index contributed by atoms with van der Waals surface area (Å²) in [5.74, 6) is 1.10. The maximum atomic E-state index is 5.98. The predicted octanol–water partition coefficient (Wildman–Crippen LogP) is 3.65. The number of rotatable bonds is 7. The predicted molar refractivity (Wildman–Crippen MR) is 75.1 cm³/mol. The molecule has 1 aromatic carbocycles. The van der Waals surface area contributed by atoms with Gasteiger partial charge < -0.3 is 5.32 Å². The fourth-order valence-corrected chi connectivity index (χ4v) is 2.10. The maximum absolute atomic E-state index is 5.98. The monoisotopic (exact) mass is 255 g/mol. The van der Waals surface area contributed by atoms with Crippen LogP contribution in [0.1, 0.15) is 12.0 Å². The van der Waals surface area contributed by atoms with E-state index in [0.717, 1.165) is 18.7 Å². The highest BCUT2D eigenvalue weighted by molar-refractivity contribution is 7.98. The van der Waals surface area contributed by atoms with Gasteiger partial charge >= 0.3 is 0 Å². The van der Waals surface area contributed by atoms with Crippen LogP contribution in [-0.2, 0) is 6.54 Å². The summed E-state index contributed by atoms with van der Waals surface area (Å²) in [6, 6.07) is 10.5. The van der Waals surface area contributed by atoms with E-state index in [-0.39, 0.29) is 6.04 Å². The zero-order valence-electron chi connectivity index (χ0n) is 9.58. The lowest BCUT2D eigenvalue weighted by atomic mass is 10.2. The van der Waals surface area contributed by atoms with Crippen LogP contribution >= 0.6 is 23.4 Å². The molecule has 1 nitrogen and oxygen atoms in total. The summed E-state index contributed by atoms with van der Waals surface area (Å²) in [4.78, 5) is 0. The Morgan fingerprint density at radius 1 is 1.44 bits per heavy atom. The van der Waals surface area contributed by atoms with Gasteiger partial charge in [-0.1, -0.05) is 48.5 Å². The molecule has 0 saturated carbocycles. The Morgan fingerprint density at radius 3 is 2.69 bits per heavy atom. The first-order valence-corrected chi connectivity index (χ1v) is 7.11. The Balaban J connectivity index is 2.41. The van der Waals surface area contributed by atoms with Gasteiger partial charge in [0, 0.05) is 17.6 Å². The van der Waals surface area contributed by atoms with Crippen LogP contribution in [0.4, 0.5) is 0 Å². The van der Waals surface area contributed by atoms with Crippen molar-refractivity contribution in [1.82, 2.24) is 5.32 Å². The van der Waals surface area contributed by atoms with Gasteiger partial charge in [0.15, 0.2) is 0 Å². The minimum Gasteiger partial charge on any atom is -0.305 e. The molecule has 1 rings (SSSR count). The van der Waals surface area contributed by atoms with E-state index in [2.05, 4.69) is 30.3 Å². The van der Waals surface area contributed by atoms with E-state index in [1.54, 1.807) is 0 Å². The second kappa shape index (κ2) is 7.77. The number of thioether (sulfide) groups is 1. The van der Waals surface area contributed by atoms with Crippen molar-refractivity contribution in [3.8, 4) is 0 Å². The summed E-state index contributed by atoms with van der Waals surface area (Å²) in [7, 11) is 0. The third-order valence-electron chi connectivity index (χ3n) is 2.38. The number of halogens is 1. The van der Waals surface area contributed by atoms with Crippen LogP contribution in [0, 0.1) is 0 Å². The van der Waals surface area contributed by atoms with Crippen molar-refractivity contribution in [3.05, 3.63) is 47.5 Å². The van der Waals surface area contributed by atoms with Crippen molar-refractivity contribution in [2.75, 3.05) is 12.0 Å². The van der Waals surface area contributed by atoms with E-state index in [9.17, 15) is 0 Å². The summed E-state index contributed by atoms with van der Waals surface area (Å²) in [5, 5.41) is 4.12. The smallest absolute Gasteiger partial charge is 0.0433 e. The molecule has 0 amide bonds. The topological polar surface area (TPSA) is 12.0 Å². The van der Waals surface area contributed by atoms with Crippen LogP contribution in [0.5, 0.6) is 0 Å². The van der Waals surface area contributed by atoms with Crippen LogP contribution in [0.3, 0.4) is 0 Å². The summed E-state index contributed by atoms with van der Waals surface area (Å²) >= 11 is 7.81. The fourth-order valence-electron chi connectivity index (χ4n) is 1.44. The number of benzene rings is 1. The Morgan fingerprint density at radius 2 is 2.12 bits per heavy atom. The minimum atomic E-state index is 0.203. The molecule has 0 aliphatic heterocycles. The van der Waals surface area contributed by atoms with Gasteiger partial charge in [-0.2, -0.15) is 11.8 Å². The molecule has 0 aliphatic carbocycles. The normalized spacial score (nSPS) is 12.4. The number of nitrogens with one attached hydrogen (secondary N) is 1. The highest BCUT2D eigenvalue weighted by atomic mass is 35.5. The molecule has 0 fully saturated rings. The molecule has 0 unspecified atom stereocenters. The Hall–Kier alpha value is -0.440. The second-order valence-corrected chi connectivity index (χ2v) is 5.12. The lowest BCUT2D eigenvalue weighted by Gasteiger charge is -2.17. The van der Waals surface area contributed by atoms with Crippen LogP contribution in [0.15, 0.2) is 41.9 Å². The molecule has 0 heterocycles. The SMILES string of the molecule is C=C(Cl)[C@H](CCSC)NCc1ccccc1. The van der Waals surface area contributed by atoms with Crippen LogP contribution < -0.4 is 5.32 Å². The lowest BCUT2D eigenvalue weighted by molar-refractivity contribution is 0.575. The van der Waals surface area contributed by atoms with Crippen LogP contribution in [0.25, 0.3) is 0 Å². The molecule has 88 valence electrons. The van der Waals surface area contributed by atoms with E-state index >= 15 is 0 Å². The van der Waals surface area contributed by atoms with Gasteiger partial charge in [-0.3, -0.25) is 0 Å². The van der Waals surface area contributed by atoms with Crippen molar-refractivity contribution >= 4 is 23.4 Å².